The first-order valence-electron chi connectivity index (χ1n) is 5.90. The van der Waals surface area contributed by atoms with E-state index in [0.29, 0.717) is 13.1 Å². The first-order valence-corrected chi connectivity index (χ1v) is 5.90. The molecule has 0 unspecified atom stereocenters. The van der Waals surface area contributed by atoms with Crippen LogP contribution in [0.3, 0.4) is 0 Å². The van der Waals surface area contributed by atoms with Gasteiger partial charge in [-0.15, -0.1) is 0 Å². The predicted molar refractivity (Wildman–Crippen MR) is 76.0 cm³/mol. The standard InChI is InChI=1S/C16H19NO/c1-4-5-11-16(18)17(12-14(2)3)13-15-9-7-6-8-10-15/h4-11H,1-2,12-13H2,3H3/b11-5+. The lowest BCUT2D eigenvalue weighted by atomic mass is 10.2. The van der Waals surface area contributed by atoms with Gasteiger partial charge >= 0.3 is 0 Å². The van der Waals surface area contributed by atoms with Gasteiger partial charge in [-0.2, -0.15) is 0 Å². The van der Waals surface area contributed by atoms with Crippen LogP contribution >= 0.6 is 0 Å². The van der Waals surface area contributed by atoms with Crippen LogP contribution in [0.25, 0.3) is 0 Å². The molecule has 0 spiro atoms. The minimum absolute atomic E-state index is 0.0262. The van der Waals surface area contributed by atoms with Gasteiger partial charge in [-0.1, -0.05) is 61.2 Å². The maximum absolute atomic E-state index is 12.0. The van der Waals surface area contributed by atoms with Crippen LogP contribution in [-0.4, -0.2) is 17.4 Å². The van der Waals surface area contributed by atoms with Crippen molar-refractivity contribution in [2.45, 2.75) is 13.5 Å². The van der Waals surface area contributed by atoms with Crippen molar-refractivity contribution in [3.8, 4) is 0 Å². The Morgan fingerprint density at radius 2 is 2.00 bits per heavy atom. The molecule has 2 nitrogen and oxygen atoms in total. The van der Waals surface area contributed by atoms with Crippen molar-refractivity contribution in [3.05, 3.63) is 72.9 Å². The predicted octanol–water partition coefficient (Wildman–Crippen LogP) is 3.33. The van der Waals surface area contributed by atoms with E-state index in [4.69, 9.17) is 0 Å². The first kappa shape index (κ1) is 14.0. The number of carbonyl (C=O) groups is 1. The van der Waals surface area contributed by atoms with E-state index < -0.39 is 0 Å². The van der Waals surface area contributed by atoms with Crippen molar-refractivity contribution >= 4 is 5.91 Å². The molecular weight excluding hydrogens is 222 g/mol. The summed E-state index contributed by atoms with van der Waals surface area (Å²) in [6.45, 7) is 10.5. The highest BCUT2D eigenvalue weighted by molar-refractivity contribution is 5.88. The summed E-state index contributed by atoms with van der Waals surface area (Å²) in [7, 11) is 0. The molecule has 0 heterocycles. The molecule has 0 bridgehead atoms. The molecule has 2 heteroatoms. The Morgan fingerprint density at radius 3 is 2.56 bits per heavy atom. The Kier molecular flexibility index (Phi) is 5.65. The van der Waals surface area contributed by atoms with E-state index in [-0.39, 0.29) is 5.91 Å². The quantitative estimate of drug-likeness (QED) is 0.425. The summed E-state index contributed by atoms with van der Waals surface area (Å²) in [4.78, 5) is 13.8. The Bertz CT molecular complexity index is 445. The van der Waals surface area contributed by atoms with Gasteiger partial charge in [0.25, 0.3) is 0 Å². The lowest BCUT2D eigenvalue weighted by Gasteiger charge is -2.21. The average molecular weight is 241 g/mol. The summed E-state index contributed by atoms with van der Waals surface area (Å²) in [5.74, 6) is -0.0262. The lowest BCUT2D eigenvalue weighted by Crippen LogP contribution is -2.30. The van der Waals surface area contributed by atoms with E-state index in [9.17, 15) is 4.79 Å². The fraction of sp³-hybridized carbons (Fsp3) is 0.188. The molecule has 1 aromatic carbocycles. The molecule has 0 aliphatic rings. The number of carbonyl (C=O) groups excluding carboxylic acids is 1. The zero-order valence-electron chi connectivity index (χ0n) is 10.8. The zero-order valence-corrected chi connectivity index (χ0v) is 10.8. The van der Waals surface area contributed by atoms with E-state index >= 15 is 0 Å². The number of hydrogen-bond acceptors (Lipinski definition) is 1. The van der Waals surface area contributed by atoms with Crippen LogP contribution in [0.2, 0.25) is 0 Å². The molecule has 0 saturated carbocycles. The number of allylic oxidation sites excluding steroid dienone is 2. The molecule has 1 amide bonds. The smallest absolute Gasteiger partial charge is 0.247 e. The van der Waals surface area contributed by atoms with Crippen LogP contribution in [0.5, 0.6) is 0 Å². The van der Waals surface area contributed by atoms with Gasteiger partial charge in [-0.05, 0) is 12.5 Å². The summed E-state index contributed by atoms with van der Waals surface area (Å²) >= 11 is 0. The van der Waals surface area contributed by atoms with Crippen molar-refractivity contribution in [3.63, 3.8) is 0 Å². The molecule has 0 atom stereocenters. The van der Waals surface area contributed by atoms with Crippen molar-refractivity contribution in [2.24, 2.45) is 0 Å². The number of amides is 1. The summed E-state index contributed by atoms with van der Waals surface area (Å²) < 4.78 is 0. The third-order valence-corrected chi connectivity index (χ3v) is 2.36. The molecule has 0 N–H and O–H groups in total. The van der Waals surface area contributed by atoms with Gasteiger partial charge in [-0.25, -0.2) is 0 Å². The molecule has 0 fully saturated rings. The second-order valence-corrected chi connectivity index (χ2v) is 4.23. The van der Waals surface area contributed by atoms with E-state index in [2.05, 4.69) is 13.2 Å². The van der Waals surface area contributed by atoms with Crippen molar-refractivity contribution in [1.29, 1.82) is 0 Å². The Labute approximate surface area is 109 Å². The van der Waals surface area contributed by atoms with Crippen LogP contribution in [-0.2, 0) is 11.3 Å². The topological polar surface area (TPSA) is 20.3 Å². The highest BCUT2D eigenvalue weighted by Crippen LogP contribution is 2.07. The van der Waals surface area contributed by atoms with Gasteiger partial charge in [0.1, 0.15) is 0 Å². The maximum Gasteiger partial charge on any atom is 0.247 e. The summed E-state index contributed by atoms with van der Waals surface area (Å²) in [6.07, 6.45) is 4.77. The molecule has 0 aromatic heterocycles. The monoisotopic (exact) mass is 241 g/mol. The molecule has 0 saturated heterocycles. The maximum atomic E-state index is 12.0. The minimum Gasteiger partial charge on any atom is -0.331 e. The third-order valence-electron chi connectivity index (χ3n) is 2.36. The van der Waals surface area contributed by atoms with Crippen molar-refractivity contribution < 1.29 is 4.79 Å². The van der Waals surface area contributed by atoms with E-state index in [0.717, 1.165) is 11.1 Å². The number of hydrogen-bond donors (Lipinski definition) is 0. The molecule has 94 valence electrons. The number of benzene rings is 1. The summed E-state index contributed by atoms with van der Waals surface area (Å²) in [5.41, 5.74) is 2.07. The van der Waals surface area contributed by atoms with Crippen molar-refractivity contribution in [1.82, 2.24) is 4.90 Å². The number of nitrogens with zero attached hydrogens (tertiary/aromatic N) is 1. The van der Waals surface area contributed by atoms with Crippen LogP contribution in [0.15, 0.2) is 67.3 Å². The van der Waals surface area contributed by atoms with Gasteiger partial charge in [-0.3, -0.25) is 4.79 Å². The van der Waals surface area contributed by atoms with Crippen LogP contribution in [0.4, 0.5) is 0 Å². The first-order chi connectivity index (χ1) is 8.63. The van der Waals surface area contributed by atoms with E-state index in [1.807, 2.05) is 37.3 Å². The average Bonchev–Trinajstić information content (AvgIpc) is 2.36. The van der Waals surface area contributed by atoms with Crippen molar-refractivity contribution in [2.75, 3.05) is 6.54 Å². The highest BCUT2D eigenvalue weighted by atomic mass is 16.2. The minimum atomic E-state index is -0.0262. The van der Waals surface area contributed by atoms with E-state index in [1.165, 1.54) is 6.08 Å². The van der Waals surface area contributed by atoms with Gasteiger partial charge < -0.3 is 4.90 Å². The molecule has 18 heavy (non-hydrogen) atoms. The zero-order chi connectivity index (χ0) is 13.4. The van der Waals surface area contributed by atoms with Gasteiger partial charge in [0.15, 0.2) is 0 Å². The fourth-order valence-electron chi connectivity index (χ4n) is 1.60. The molecule has 0 radical (unpaired) electrons. The molecule has 1 aromatic rings. The summed E-state index contributed by atoms with van der Waals surface area (Å²) in [5, 5.41) is 0. The Balaban J connectivity index is 2.78. The molecule has 0 aliphatic heterocycles. The fourth-order valence-corrected chi connectivity index (χ4v) is 1.60. The normalized spacial score (nSPS) is 10.3. The van der Waals surface area contributed by atoms with Crippen LogP contribution < -0.4 is 0 Å². The van der Waals surface area contributed by atoms with Gasteiger partial charge in [0.05, 0.1) is 0 Å². The Morgan fingerprint density at radius 1 is 1.33 bits per heavy atom. The van der Waals surface area contributed by atoms with Crippen LogP contribution in [0, 0.1) is 0 Å². The SMILES string of the molecule is C=C/C=C/C(=O)N(CC(=C)C)Cc1ccccc1. The van der Waals surface area contributed by atoms with Gasteiger partial charge in [0, 0.05) is 19.2 Å². The molecule has 0 aliphatic carbocycles. The molecular formula is C16H19NO. The lowest BCUT2D eigenvalue weighted by molar-refractivity contribution is -0.126. The Hall–Kier alpha value is -2.09. The number of rotatable bonds is 6. The summed E-state index contributed by atoms with van der Waals surface area (Å²) in [6, 6.07) is 9.93. The second kappa shape index (κ2) is 7.28. The van der Waals surface area contributed by atoms with E-state index in [1.54, 1.807) is 17.1 Å². The van der Waals surface area contributed by atoms with Crippen LogP contribution in [0.1, 0.15) is 12.5 Å². The molecule has 1 rings (SSSR count). The van der Waals surface area contributed by atoms with Gasteiger partial charge in [0.2, 0.25) is 5.91 Å². The third kappa shape index (κ3) is 4.83. The largest absolute Gasteiger partial charge is 0.331 e. The highest BCUT2D eigenvalue weighted by Gasteiger charge is 2.10. The second-order valence-electron chi connectivity index (χ2n) is 4.23.